The Hall–Kier alpha value is -2.96. The second-order valence-electron chi connectivity index (χ2n) is 4.74. The molecule has 0 bridgehead atoms. The molecule has 2 N–H and O–H groups in total. The van der Waals surface area contributed by atoms with E-state index in [0.29, 0.717) is 18.0 Å². The van der Waals surface area contributed by atoms with Crippen molar-refractivity contribution in [3.05, 3.63) is 36.4 Å². The molecule has 0 unspecified atom stereocenters. The van der Waals surface area contributed by atoms with Gasteiger partial charge >= 0.3 is 0 Å². The number of rotatable bonds is 4. The summed E-state index contributed by atoms with van der Waals surface area (Å²) in [6, 6.07) is 11.3. The molecule has 0 spiro atoms. The van der Waals surface area contributed by atoms with Crippen LogP contribution in [0.1, 0.15) is 13.3 Å². The fourth-order valence-corrected chi connectivity index (χ4v) is 2.10. The molecule has 0 saturated carbocycles. The third kappa shape index (κ3) is 2.60. The molecule has 0 aliphatic carbocycles. The largest absolute Gasteiger partial charge is 0.356 e. The summed E-state index contributed by atoms with van der Waals surface area (Å²) in [4.78, 5) is 11.5. The molecule has 1 aromatic carbocycles. The van der Waals surface area contributed by atoms with Gasteiger partial charge in [0.05, 0.1) is 5.69 Å². The summed E-state index contributed by atoms with van der Waals surface area (Å²) >= 11 is 0. The van der Waals surface area contributed by atoms with Crippen molar-refractivity contribution in [3.8, 4) is 11.3 Å². The van der Waals surface area contributed by atoms with Crippen molar-refractivity contribution in [2.24, 2.45) is 0 Å². The molecule has 2 heterocycles. The van der Waals surface area contributed by atoms with Crippen molar-refractivity contribution in [1.29, 1.82) is 0 Å². The van der Waals surface area contributed by atoms with Crippen LogP contribution in [0, 0.1) is 0 Å². The maximum absolute atomic E-state index is 11.5. The van der Waals surface area contributed by atoms with E-state index in [9.17, 15) is 4.79 Å². The number of hydrogen-bond acceptors (Lipinski definition) is 5. The molecule has 0 fully saturated rings. The maximum atomic E-state index is 11.5. The first-order chi connectivity index (χ1) is 10.7. The highest BCUT2D eigenvalue weighted by molar-refractivity contribution is 5.91. The van der Waals surface area contributed by atoms with Gasteiger partial charge in [-0.05, 0) is 24.3 Å². The number of carbonyl (C=O) groups is 1. The van der Waals surface area contributed by atoms with Gasteiger partial charge in [-0.25, -0.2) is 0 Å². The monoisotopic (exact) mass is 296 g/mol. The Morgan fingerprint density at radius 3 is 2.86 bits per heavy atom. The van der Waals surface area contributed by atoms with Gasteiger partial charge < -0.3 is 10.6 Å². The summed E-state index contributed by atoms with van der Waals surface area (Å²) in [5.41, 5.74) is 3.11. The van der Waals surface area contributed by atoms with Crippen molar-refractivity contribution in [3.63, 3.8) is 0 Å². The van der Waals surface area contributed by atoms with E-state index in [1.54, 1.807) is 11.6 Å². The number of amides is 1. The predicted octanol–water partition coefficient (Wildman–Crippen LogP) is 2.18. The van der Waals surface area contributed by atoms with Crippen LogP contribution in [0.15, 0.2) is 36.4 Å². The van der Waals surface area contributed by atoms with E-state index in [2.05, 4.69) is 25.9 Å². The lowest BCUT2D eigenvalue weighted by Gasteiger charge is -2.07. The summed E-state index contributed by atoms with van der Waals surface area (Å²) in [6.45, 7) is 1.82. The van der Waals surface area contributed by atoms with Gasteiger partial charge in [0.15, 0.2) is 5.65 Å². The number of benzene rings is 1. The van der Waals surface area contributed by atoms with Crippen LogP contribution in [0.5, 0.6) is 0 Å². The molecule has 112 valence electrons. The second kappa shape index (κ2) is 5.80. The summed E-state index contributed by atoms with van der Waals surface area (Å²) in [5, 5.41) is 18.3. The molecule has 2 aromatic heterocycles. The topological polar surface area (TPSA) is 84.2 Å². The summed E-state index contributed by atoms with van der Waals surface area (Å²) in [7, 11) is 1.77. The maximum Gasteiger partial charge on any atom is 0.245 e. The van der Waals surface area contributed by atoms with Crippen LogP contribution in [-0.4, -0.2) is 32.8 Å². The van der Waals surface area contributed by atoms with Gasteiger partial charge in [-0.15, -0.1) is 10.2 Å². The lowest BCUT2D eigenvalue weighted by atomic mass is 10.1. The van der Waals surface area contributed by atoms with Crippen LogP contribution in [0.2, 0.25) is 0 Å². The zero-order chi connectivity index (χ0) is 15.5. The second-order valence-corrected chi connectivity index (χ2v) is 4.74. The first kappa shape index (κ1) is 14.0. The van der Waals surface area contributed by atoms with Gasteiger partial charge in [-0.2, -0.15) is 9.61 Å². The molecule has 0 aliphatic heterocycles. The van der Waals surface area contributed by atoms with Crippen molar-refractivity contribution in [2.75, 3.05) is 17.7 Å². The third-order valence-electron chi connectivity index (χ3n) is 3.25. The lowest BCUT2D eigenvalue weighted by molar-refractivity contribution is -0.115. The van der Waals surface area contributed by atoms with E-state index in [4.69, 9.17) is 0 Å². The molecule has 0 saturated heterocycles. The third-order valence-corrected chi connectivity index (χ3v) is 3.25. The summed E-state index contributed by atoms with van der Waals surface area (Å²) < 4.78 is 1.65. The molecule has 3 rings (SSSR count). The quantitative estimate of drug-likeness (QED) is 0.771. The number of hydrogen-bond donors (Lipinski definition) is 2. The van der Waals surface area contributed by atoms with E-state index in [-0.39, 0.29) is 5.91 Å². The number of carbonyl (C=O) groups excluding carboxylic acids is 1. The first-order valence-electron chi connectivity index (χ1n) is 7.01. The normalized spacial score (nSPS) is 10.6. The Morgan fingerprint density at radius 1 is 1.23 bits per heavy atom. The van der Waals surface area contributed by atoms with Gasteiger partial charge in [0, 0.05) is 24.7 Å². The van der Waals surface area contributed by atoms with Crippen molar-refractivity contribution < 1.29 is 4.79 Å². The molecular weight excluding hydrogens is 280 g/mol. The molecule has 7 nitrogen and oxygen atoms in total. The van der Waals surface area contributed by atoms with Gasteiger partial charge in [0.1, 0.15) is 0 Å². The number of anilines is 2. The molecule has 0 radical (unpaired) electrons. The van der Waals surface area contributed by atoms with E-state index in [1.165, 1.54) is 0 Å². The van der Waals surface area contributed by atoms with Gasteiger partial charge in [0.25, 0.3) is 0 Å². The molecule has 1 amide bonds. The lowest BCUT2D eigenvalue weighted by Crippen LogP contribution is -2.09. The summed E-state index contributed by atoms with van der Waals surface area (Å²) in [5.74, 6) is 0.559. The standard InChI is InChI=1S/C15H16N6O/c1-3-14(22)17-11-6-4-5-10(9-11)12-7-8-13-18-19-15(16-2)21(13)20-12/h4-9H,3H2,1-2H3,(H,16,19)(H,17,22). The molecule has 7 heteroatoms. The van der Waals surface area contributed by atoms with Crippen LogP contribution in [0.4, 0.5) is 11.6 Å². The zero-order valence-electron chi connectivity index (χ0n) is 12.4. The number of fused-ring (bicyclic) bond motifs is 1. The van der Waals surface area contributed by atoms with Crippen LogP contribution in [-0.2, 0) is 4.79 Å². The molecule has 3 aromatic rings. The number of nitrogens with one attached hydrogen (secondary N) is 2. The van der Waals surface area contributed by atoms with Gasteiger partial charge in [-0.1, -0.05) is 19.1 Å². The fourth-order valence-electron chi connectivity index (χ4n) is 2.10. The van der Waals surface area contributed by atoms with Crippen LogP contribution < -0.4 is 10.6 Å². The number of nitrogens with zero attached hydrogens (tertiary/aromatic N) is 4. The van der Waals surface area contributed by atoms with Crippen molar-refractivity contribution >= 4 is 23.2 Å². The van der Waals surface area contributed by atoms with Crippen LogP contribution in [0.25, 0.3) is 16.9 Å². The average molecular weight is 296 g/mol. The summed E-state index contributed by atoms with van der Waals surface area (Å²) in [6.07, 6.45) is 0.445. The van der Waals surface area contributed by atoms with Gasteiger partial charge in [-0.3, -0.25) is 4.79 Å². The molecule has 0 atom stereocenters. The van der Waals surface area contributed by atoms with E-state index in [1.807, 2.05) is 43.3 Å². The Labute approximate surface area is 127 Å². The highest BCUT2D eigenvalue weighted by Gasteiger charge is 2.08. The van der Waals surface area contributed by atoms with Crippen LogP contribution >= 0.6 is 0 Å². The Bertz CT molecular complexity index is 826. The minimum atomic E-state index is -0.0168. The zero-order valence-corrected chi connectivity index (χ0v) is 12.4. The SMILES string of the molecule is CCC(=O)Nc1cccc(-c2ccc3nnc(NC)n3n2)c1. The Morgan fingerprint density at radius 2 is 2.09 bits per heavy atom. The molecular formula is C15H16N6O. The Kier molecular flexibility index (Phi) is 3.69. The minimum Gasteiger partial charge on any atom is -0.356 e. The highest BCUT2D eigenvalue weighted by atomic mass is 16.1. The predicted molar refractivity (Wildman–Crippen MR) is 84.7 cm³/mol. The fraction of sp³-hybridized carbons (Fsp3) is 0.200. The Balaban J connectivity index is 1.99. The molecule has 0 aliphatic rings. The minimum absolute atomic E-state index is 0.0168. The van der Waals surface area contributed by atoms with E-state index >= 15 is 0 Å². The van der Waals surface area contributed by atoms with Crippen LogP contribution in [0.3, 0.4) is 0 Å². The highest BCUT2D eigenvalue weighted by Crippen LogP contribution is 2.21. The smallest absolute Gasteiger partial charge is 0.245 e. The first-order valence-corrected chi connectivity index (χ1v) is 7.01. The van der Waals surface area contributed by atoms with E-state index < -0.39 is 0 Å². The van der Waals surface area contributed by atoms with Crippen molar-refractivity contribution in [1.82, 2.24) is 19.8 Å². The number of aromatic nitrogens is 4. The van der Waals surface area contributed by atoms with E-state index in [0.717, 1.165) is 16.9 Å². The van der Waals surface area contributed by atoms with Gasteiger partial charge in [0.2, 0.25) is 11.9 Å². The molecule has 22 heavy (non-hydrogen) atoms. The van der Waals surface area contributed by atoms with Crippen molar-refractivity contribution in [2.45, 2.75) is 13.3 Å². The average Bonchev–Trinajstić information content (AvgIpc) is 2.97.